The molecule has 5 nitrogen and oxygen atoms in total. The van der Waals surface area contributed by atoms with Gasteiger partial charge in [-0.15, -0.1) is 0 Å². The summed E-state index contributed by atoms with van der Waals surface area (Å²) in [5, 5.41) is 0. The van der Waals surface area contributed by atoms with Gasteiger partial charge >= 0.3 is 0 Å². The summed E-state index contributed by atoms with van der Waals surface area (Å²) in [5.41, 5.74) is 6.18. The van der Waals surface area contributed by atoms with Crippen molar-refractivity contribution in [2.24, 2.45) is 0 Å². The monoisotopic (exact) mass is 231 g/mol. The lowest BCUT2D eigenvalue weighted by atomic mass is 10.4. The van der Waals surface area contributed by atoms with Gasteiger partial charge in [0.2, 0.25) is 5.95 Å². The van der Waals surface area contributed by atoms with Crippen molar-refractivity contribution in [2.45, 2.75) is 32.6 Å². The first-order valence-electron chi connectivity index (χ1n) is 4.89. The smallest absolute Gasteiger partial charge is 0.200 e. The van der Waals surface area contributed by atoms with E-state index in [1.165, 1.54) is 0 Å². The molecule has 15 heavy (non-hydrogen) atoms. The Morgan fingerprint density at radius 1 is 1.53 bits per heavy atom. The van der Waals surface area contributed by atoms with Crippen molar-refractivity contribution in [3.05, 3.63) is 11.9 Å². The average molecular weight is 231 g/mol. The number of nitrogens with two attached hydrogens (primary N) is 1. The van der Waals surface area contributed by atoms with E-state index in [4.69, 9.17) is 5.73 Å². The molecule has 0 saturated heterocycles. The number of aromatic nitrogens is 2. The molecule has 0 aromatic carbocycles. The molecule has 6 heteroatoms. The Labute approximate surface area is 90.2 Å². The second-order valence-corrected chi connectivity index (χ2v) is 6.12. The van der Waals surface area contributed by atoms with E-state index in [1.807, 2.05) is 13.8 Å². The van der Waals surface area contributed by atoms with Gasteiger partial charge in [0.1, 0.15) is 0 Å². The van der Waals surface area contributed by atoms with Crippen LogP contribution in [0.1, 0.15) is 32.5 Å². The van der Waals surface area contributed by atoms with Gasteiger partial charge in [0.15, 0.2) is 9.84 Å². The molecule has 0 amide bonds. The predicted molar refractivity (Wildman–Crippen MR) is 60.2 cm³/mol. The van der Waals surface area contributed by atoms with Crippen molar-refractivity contribution in [1.82, 2.24) is 9.55 Å². The lowest BCUT2D eigenvalue weighted by Gasteiger charge is -2.06. The fourth-order valence-electron chi connectivity index (χ4n) is 1.27. The predicted octanol–water partition coefficient (Wildman–Crippen LogP) is 0.981. The Balaban J connectivity index is 2.94. The third-order valence-corrected chi connectivity index (χ3v) is 3.79. The summed E-state index contributed by atoms with van der Waals surface area (Å²) in [5.74, 6) is 0.459. The molecule has 0 aliphatic carbocycles. The molecule has 1 aromatic rings. The van der Waals surface area contributed by atoms with Gasteiger partial charge in [-0.1, -0.05) is 6.92 Å². The van der Waals surface area contributed by atoms with Gasteiger partial charge in [-0.05, 0) is 13.8 Å². The highest BCUT2D eigenvalue weighted by molar-refractivity contribution is 7.90. The standard InChI is InChI=1S/C9H17N3O2S/c1-4-15(13,14)6-8-5-12(7(2)3)9(10)11-8/h5,7H,4,6H2,1-3H3,(H2,10,11). The number of imidazole rings is 1. The summed E-state index contributed by atoms with van der Waals surface area (Å²) in [6, 6.07) is 0.190. The minimum atomic E-state index is -3.03. The Kier molecular flexibility index (Phi) is 3.38. The van der Waals surface area contributed by atoms with Crippen LogP contribution in [0.3, 0.4) is 0 Å². The van der Waals surface area contributed by atoms with Crippen LogP contribution in [-0.4, -0.2) is 23.7 Å². The fourth-order valence-corrected chi connectivity index (χ4v) is 2.06. The van der Waals surface area contributed by atoms with Gasteiger partial charge < -0.3 is 10.3 Å². The van der Waals surface area contributed by atoms with E-state index in [9.17, 15) is 8.42 Å². The highest BCUT2D eigenvalue weighted by Crippen LogP contribution is 2.14. The lowest BCUT2D eigenvalue weighted by Crippen LogP contribution is -2.06. The van der Waals surface area contributed by atoms with Gasteiger partial charge in [-0.2, -0.15) is 0 Å². The molecular formula is C9H17N3O2S. The van der Waals surface area contributed by atoms with Crippen molar-refractivity contribution >= 4 is 15.8 Å². The summed E-state index contributed by atoms with van der Waals surface area (Å²) in [7, 11) is -3.03. The van der Waals surface area contributed by atoms with Crippen molar-refractivity contribution in [2.75, 3.05) is 11.5 Å². The minimum Gasteiger partial charge on any atom is -0.369 e. The van der Waals surface area contributed by atoms with Gasteiger partial charge in [-0.25, -0.2) is 13.4 Å². The molecule has 0 spiro atoms. The summed E-state index contributed by atoms with van der Waals surface area (Å²) < 4.78 is 24.5. The van der Waals surface area contributed by atoms with E-state index in [-0.39, 0.29) is 17.5 Å². The Morgan fingerprint density at radius 2 is 2.13 bits per heavy atom. The van der Waals surface area contributed by atoms with E-state index < -0.39 is 9.84 Å². The normalized spacial score (nSPS) is 12.3. The summed E-state index contributed by atoms with van der Waals surface area (Å²) >= 11 is 0. The fraction of sp³-hybridized carbons (Fsp3) is 0.667. The van der Waals surface area contributed by atoms with Crippen LogP contribution in [0.5, 0.6) is 0 Å². The molecule has 2 N–H and O–H groups in total. The minimum absolute atomic E-state index is 0.0343. The van der Waals surface area contributed by atoms with Crippen LogP contribution >= 0.6 is 0 Å². The largest absolute Gasteiger partial charge is 0.369 e. The van der Waals surface area contributed by atoms with Crippen LogP contribution in [0, 0.1) is 0 Å². The van der Waals surface area contributed by atoms with E-state index in [0.29, 0.717) is 11.6 Å². The highest BCUT2D eigenvalue weighted by atomic mass is 32.2. The first kappa shape index (κ1) is 12.0. The van der Waals surface area contributed by atoms with Crippen molar-refractivity contribution in [3.63, 3.8) is 0 Å². The Bertz CT molecular complexity index is 434. The highest BCUT2D eigenvalue weighted by Gasteiger charge is 2.14. The number of hydrogen-bond donors (Lipinski definition) is 1. The van der Waals surface area contributed by atoms with Crippen molar-refractivity contribution in [3.8, 4) is 0 Å². The van der Waals surface area contributed by atoms with Crippen molar-refractivity contribution in [1.29, 1.82) is 0 Å². The summed E-state index contributed by atoms with van der Waals surface area (Å²) in [6.45, 7) is 5.56. The van der Waals surface area contributed by atoms with Crippen LogP contribution in [-0.2, 0) is 15.6 Å². The zero-order chi connectivity index (χ0) is 11.6. The van der Waals surface area contributed by atoms with Gasteiger partial charge in [0.25, 0.3) is 0 Å². The molecule has 0 unspecified atom stereocenters. The third-order valence-electron chi connectivity index (χ3n) is 2.17. The Hall–Kier alpha value is -1.04. The maximum Gasteiger partial charge on any atom is 0.200 e. The molecule has 0 aliphatic heterocycles. The van der Waals surface area contributed by atoms with E-state index in [2.05, 4.69) is 4.98 Å². The molecule has 0 fully saturated rings. The molecule has 0 atom stereocenters. The average Bonchev–Trinajstić information content (AvgIpc) is 2.46. The zero-order valence-corrected chi connectivity index (χ0v) is 10.1. The summed E-state index contributed by atoms with van der Waals surface area (Å²) in [4.78, 5) is 4.03. The maximum absolute atomic E-state index is 11.4. The van der Waals surface area contributed by atoms with Gasteiger partial charge in [0.05, 0.1) is 11.4 Å². The zero-order valence-electron chi connectivity index (χ0n) is 9.27. The molecule has 0 aliphatic rings. The molecule has 86 valence electrons. The van der Waals surface area contributed by atoms with Crippen LogP contribution < -0.4 is 5.73 Å². The van der Waals surface area contributed by atoms with Crippen LogP contribution in [0.25, 0.3) is 0 Å². The number of nitrogens with zero attached hydrogens (tertiary/aromatic N) is 2. The number of sulfone groups is 1. The van der Waals surface area contributed by atoms with Crippen LogP contribution in [0.2, 0.25) is 0 Å². The van der Waals surface area contributed by atoms with Gasteiger partial charge in [-0.3, -0.25) is 0 Å². The van der Waals surface area contributed by atoms with Gasteiger partial charge in [0, 0.05) is 18.0 Å². The summed E-state index contributed by atoms with van der Waals surface area (Å²) in [6.07, 6.45) is 1.70. The number of hydrogen-bond acceptors (Lipinski definition) is 4. The quantitative estimate of drug-likeness (QED) is 0.838. The molecule has 0 saturated carbocycles. The van der Waals surface area contributed by atoms with E-state index >= 15 is 0 Å². The molecule has 1 aromatic heterocycles. The number of nitrogen functional groups attached to an aromatic ring is 1. The molecule has 0 radical (unpaired) electrons. The molecular weight excluding hydrogens is 214 g/mol. The molecule has 0 bridgehead atoms. The SMILES string of the molecule is CCS(=O)(=O)Cc1cn(C(C)C)c(N)n1. The molecule has 1 heterocycles. The Morgan fingerprint density at radius 3 is 2.53 bits per heavy atom. The molecule has 1 rings (SSSR count). The lowest BCUT2D eigenvalue weighted by molar-refractivity contribution is 0.595. The first-order valence-corrected chi connectivity index (χ1v) is 6.71. The number of anilines is 1. The van der Waals surface area contributed by atoms with E-state index in [0.717, 1.165) is 0 Å². The second kappa shape index (κ2) is 4.22. The van der Waals surface area contributed by atoms with Crippen LogP contribution in [0.15, 0.2) is 6.20 Å². The van der Waals surface area contributed by atoms with Crippen LogP contribution in [0.4, 0.5) is 5.95 Å². The maximum atomic E-state index is 11.4. The second-order valence-electron chi connectivity index (χ2n) is 3.77. The first-order chi connectivity index (χ1) is 6.85. The number of rotatable bonds is 4. The van der Waals surface area contributed by atoms with E-state index in [1.54, 1.807) is 17.7 Å². The topological polar surface area (TPSA) is 78.0 Å². The van der Waals surface area contributed by atoms with Crippen molar-refractivity contribution < 1.29 is 8.42 Å². The third kappa shape index (κ3) is 2.95.